The molecule has 1 nitrogen and oxygen atoms in total. The number of hydrogen-bond donors (Lipinski definition) is 0. The van der Waals surface area contributed by atoms with Crippen LogP contribution in [-0.4, -0.2) is 11.4 Å². The maximum Gasteiger partial charge on any atom is 0.0243 e. The lowest BCUT2D eigenvalue weighted by Crippen LogP contribution is -2.27. The van der Waals surface area contributed by atoms with Gasteiger partial charge in [0.1, 0.15) is 0 Å². The summed E-state index contributed by atoms with van der Waals surface area (Å²) in [5.41, 5.74) is 3.02. The second kappa shape index (κ2) is 5.75. The lowest BCUT2D eigenvalue weighted by molar-refractivity contribution is 0.246. The maximum atomic E-state index is 2.60. The van der Waals surface area contributed by atoms with E-state index in [0.29, 0.717) is 0 Å². The van der Waals surface area contributed by atoms with Crippen molar-refractivity contribution in [2.75, 3.05) is 6.54 Å². The van der Waals surface area contributed by atoms with Gasteiger partial charge in [0, 0.05) is 13.1 Å². The Balaban J connectivity index is 1.75. The van der Waals surface area contributed by atoms with Crippen LogP contribution in [0.2, 0.25) is 0 Å². The van der Waals surface area contributed by atoms with E-state index in [2.05, 4.69) is 48.2 Å². The number of hydrogen-bond acceptors (Lipinski definition) is 1. The lowest BCUT2D eigenvalue weighted by Gasteiger charge is -2.29. The molecule has 1 heteroatoms. The summed E-state index contributed by atoms with van der Waals surface area (Å²) < 4.78 is 0. The van der Waals surface area contributed by atoms with Gasteiger partial charge in [-0.25, -0.2) is 0 Å². The predicted octanol–water partition coefficient (Wildman–Crippen LogP) is 4.74. The SMILES string of the molecule is CCCCCCN1Cc2cccc3cccc(c23)C1. The van der Waals surface area contributed by atoms with Gasteiger partial charge in [0.2, 0.25) is 0 Å². The topological polar surface area (TPSA) is 3.24 Å². The second-order valence-corrected chi connectivity index (χ2v) is 5.70. The molecule has 0 radical (unpaired) electrons. The monoisotopic (exact) mass is 253 g/mol. The van der Waals surface area contributed by atoms with E-state index in [-0.39, 0.29) is 0 Å². The highest BCUT2D eigenvalue weighted by Gasteiger charge is 2.17. The minimum absolute atomic E-state index is 1.13. The molecule has 0 unspecified atom stereocenters. The van der Waals surface area contributed by atoms with Crippen molar-refractivity contribution in [1.29, 1.82) is 0 Å². The van der Waals surface area contributed by atoms with Crippen LogP contribution in [-0.2, 0) is 13.1 Å². The Hall–Kier alpha value is -1.34. The average Bonchev–Trinajstić information content (AvgIpc) is 2.44. The van der Waals surface area contributed by atoms with E-state index in [9.17, 15) is 0 Å². The highest BCUT2D eigenvalue weighted by molar-refractivity contribution is 5.89. The van der Waals surface area contributed by atoms with Crippen LogP contribution in [0.3, 0.4) is 0 Å². The van der Waals surface area contributed by atoms with Gasteiger partial charge in [-0.3, -0.25) is 4.90 Å². The minimum atomic E-state index is 1.13. The van der Waals surface area contributed by atoms with Crippen molar-refractivity contribution in [3.8, 4) is 0 Å². The summed E-state index contributed by atoms with van der Waals surface area (Å²) in [6, 6.07) is 13.5. The molecule has 2 aromatic carbocycles. The van der Waals surface area contributed by atoms with Gasteiger partial charge in [-0.2, -0.15) is 0 Å². The van der Waals surface area contributed by atoms with E-state index in [0.717, 1.165) is 13.1 Å². The van der Waals surface area contributed by atoms with E-state index < -0.39 is 0 Å². The molecule has 1 aliphatic heterocycles. The van der Waals surface area contributed by atoms with Gasteiger partial charge in [0.15, 0.2) is 0 Å². The number of unbranched alkanes of at least 4 members (excludes halogenated alkanes) is 3. The zero-order chi connectivity index (χ0) is 13.1. The fourth-order valence-corrected chi connectivity index (χ4v) is 3.22. The van der Waals surface area contributed by atoms with Crippen LogP contribution in [0.1, 0.15) is 43.7 Å². The molecule has 0 spiro atoms. The van der Waals surface area contributed by atoms with Crippen molar-refractivity contribution >= 4 is 10.8 Å². The Labute approximate surface area is 116 Å². The van der Waals surface area contributed by atoms with Gasteiger partial charge in [-0.15, -0.1) is 0 Å². The Bertz CT molecular complexity index is 518. The summed E-state index contributed by atoms with van der Waals surface area (Å²) in [4.78, 5) is 2.60. The van der Waals surface area contributed by atoms with E-state index in [1.54, 1.807) is 0 Å². The summed E-state index contributed by atoms with van der Waals surface area (Å²) in [7, 11) is 0. The fourth-order valence-electron chi connectivity index (χ4n) is 3.22. The van der Waals surface area contributed by atoms with Crippen molar-refractivity contribution in [1.82, 2.24) is 4.90 Å². The third-order valence-electron chi connectivity index (χ3n) is 4.19. The average molecular weight is 253 g/mol. The van der Waals surface area contributed by atoms with Gasteiger partial charge in [0.25, 0.3) is 0 Å². The van der Waals surface area contributed by atoms with E-state index in [1.807, 2.05) is 0 Å². The molecular weight excluding hydrogens is 230 g/mol. The van der Waals surface area contributed by atoms with Crippen molar-refractivity contribution in [3.63, 3.8) is 0 Å². The van der Waals surface area contributed by atoms with Gasteiger partial charge in [0.05, 0.1) is 0 Å². The smallest absolute Gasteiger partial charge is 0.0243 e. The molecule has 0 aromatic heterocycles. The van der Waals surface area contributed by atoms with E-state index >= 15 is 0 Å². The summed E-state index contributed by atoms with van der Waals surface area (Å²) in [5, 5.41) is 2.91. The highest BCUT2D eigenvalue weighted by Crippen LogP contribution is 2.29. The first-order valence-corrected chi connectivity index (χ1v) is 7.60. The maximum absolute atomic E-state index is 2.60. The van der Waals surface area contributed by atoms with Crippen LogP contribution in [0, 0.1) is 0 Å². The van der Waals surface area contributed by atoms with E-state index in [1.165, 1.54) is 54.1 Å². The number of benzene rings is 2. The molecule has 0 N–H and O–H groups in total. The molecule has 0 saturated heterocycles. The molecule has 19 heavy (non-hydrogen) atoms. The molecular formula is C18H23N. The van der Waals surface area contributed by atoms with Crippen LogP contribution >= 0.6 is 0 Å². The normalized spacial score (nSPS) is 15.0. The Morgan fingerprint density at radius 2 is 1.58 bits per heavy atom. The first-order chi connectivity index (χ1) is 9.38. The van der Waals surface area contributed by atoms with Crippen LogP contribution in [0.4, 0.5) is 0 Å². The molecule has 0 saturated carbocycles. The zero-order valence-electron chi connectivity index (χ0n) is 11.9. The summed E-state index contributed by atoms with van der Waals surface area (Å²) in [5.74, 6) is 0. The van der Waals surface area contributed by atoms with Gasteiger partial charge in [-0.1, -0.05) is 62.6 Å². The lowest BCUT2D eigenvalue weighted by atomic mass is 9.95. The standard InChI is InChI=1S/C18H23N/c1-2-3-4-5-12-19-13-16-10-6-8-15-9-7-11-17(14-19)18(15)16/h6-11H,2-5,12-14H2,1H3. The first kappa shape index (κ1) is 12.7. The van der Waals surface area contributed by atoms with Gasteiger partial charge >= 0.3 is 0 Å². The van der Waals surface area contributed by atoms with Crippen LogP contribution in [0.15, 0.2) is 36.4 Å². The third-order valence-corrected chi connectivity index (χ3v) is 4.19. The number of rotatable bonds is 5. The molecule has 100 valence electrons. The second-order valence-electron chi connectivity index (χ2n) is 5.70. The Morgan fingerprint density at radius 1 is 0.895 bits per heavy atom. The molecule has 0 fully saturated rings. The molecule has 0 bridgehead atoms. The van der Waals surface area contributed by atoms with Crippen molar-refractivity contribution in [3.05, 3.63) is 47.5 Å². The van der Waals surface area contributed by atoms with Gasteiger partial charge in [-0.05, 0) is 34.9 Å². The molecule has 0 atom stereocenters. The third kappa shape index (κ3) is 2.66. The Kier molecular flexibility index (Phi) is 3.84. The zero-order valence-corrected chi connectivity index (χ0v) is 11.9. The molecule has 3 rings (SSSR count). The van der Waals surface area contributed by atoms with E-state index in [4.69, 9.17) is 0 Å². The van der Waals surface area contributed by atoms with Crippen molar-refractivity contribution < 1.29 is 0 Å². The highest BCUT2D eigenvalue weighted by atomic mass is 15.1. The molecule has 1 heterocycles. The van der Waals surface area contributed by atoms with Crippen LogP contribution in [0.5, 0.6) is 0 Å². The fraction of sp³-hybridized carbons (Fsp3) is 0.444. The predicted molar refractivity (Wildman–Crippen MR) is 82.2 cm³/mol. The van der Waals surface area contributed by atoms with Crippen LogP contribution in [0.25, 0.3) is 10.8 Å². The van der Waals surface area contributed by atoms with Crippen LogP contribution < -0.4 is 0 Å². The molecule has 1 aliphatic rings. The van der Waals surface area contributed by atoms with Gasteiger partial charge < -0.3 is 0 Å². The first-order valence-electron chi connectivity index (χ1n) is 7.60. The quantitative estimate of drug-likeness (QED) is 0.696. The van der Waals surface area contributed by atoms with Crippen molar-refractivity contribution in [2.24, 2.45) is 0 Å². The summed E-state index contributed by atoms with van der Waals surface area (Å²) in [6.45, 7) is 5.77. The molecule has 2 aromatic rings. The molecule has 0 amide bonds. The Morgan fingerprint density at radius 3 is 2.21 bits per heavy atom. The molecule has 0 aliphatic carbocycles. The summed E-state index contributed by atoms with van der Waals surface area (Å²) in [6.07, 6.45) is 5.41. The number of nitrogens with zero attached hydrogens (tertiary/aromatic N) is 1. The largest absolute Gasteiger partial charge is 0.295 e. The van der Waals surface area contributed by atoms with Crippen molar-refractivity contribution in [2.45, 2.75) is 45.7 Å². The minimum Gasteiger partial charge on any atom is -0.295 e. The summed E-state index contributed by atoms with van der Waals surface area (Å²) >= 11 is 0.